The third-order valence-electron chi connectivity index (χ3n) is 3.68. The van der Waals surface area contributed by atoms with Crippen LogP contribution >= 0.6 is 11.3 Å². The van der Waals surface area contributed by atoms with Crippen LogP contribution < -0.4 is 15.4 Å². The maximum absolute atomic E-state index is 5.78. The lowest BCUT2D eigenvalue weighted by Crippen LogP contribution is -2.38. The second-order valence-corrected chi connectivity index (χ2v) is 6.96. The molecule has 26 heavy (non-hydrogen) atoms. The van der Waals surface area contributed by atoms with E-state index in [0.717, 1.165) is 54.6 Å². The van der Waals surface area contributed by atoms with Crippen LogP contribution in [0.25, 0.3) is 0 Å². The first kappa shape index (κ1) is 20.2. The molecular formula is C19H29N5OS. The van der Waals surface area contributed by atoms with Gasteiger partial charge >= 0.3 is 0 Å². The van der Waals surface area contributed by atoms with Crippen LogP contribution in [0.3, 0.4) is 0 Å². The number of pyridine rings is 1. The quantitative estimate of drug-likeness (QED) is 0.379. The highest BCUT2D eigenvalue weighted by Crippen LogP contribution is 2.15. The molecule has 0 fully saturated rings. The van der Waals surface area contributed by atoms with Crippen molar-refractivity contribution in [1.29, 1.82) is 0 Å². The molecule has 2 rings (SSSR count). The van der Waals surface area contributed by atoms with Crippen molar-refractivity contribution in [2.75, 3.05) is 19.7 Å². The molecule has 2 heterocycles. The van der Waals surface area contributed by atoms with E-state index in [1.807, 2.05) is 19.1 Å². The number of hydrogen-bond acceptors (Lipinski definition) is 5. The summed E-state index contributed by atoms with van der Waals surface area (Å²) in [6.07, 6.45) is 4.77. The van der Waals surface area contributed by atoms with Crippen LogP contribution in [0, 0.1) is 6.92 Å². The molecule has 0 atom stereocenters. The molecule has 0 radical (unpaired) electrons. The Balaban J connectivity index is 1.91. The van der Waals surface area contributed by atoms with Gasteiger partial charge in [0.15, 0.2) is 5.96 Å². The van der Waals surface area contributed by atoms with E-state index in [2.05, 4.69) is 44.8 Å². The first-order valence-electron chi connectivity index (χ1n) is 9.22. The van der Waals surface area contributed by atoms with Gasteiger partial charge < -0.3 is 15.4 Å². The molecule has 0 spiro atoms. The molecule has 0 amide bonds. The molecule has 6 nitrogen and oxygen atoms in total. The topological polar surface area (TPSA) is 71.4 Å². The van der Waals surface area contributed by atoms with E-state index >= 15 is 0 Å². The molecule has 0 unspecified atom stereocenters. The number of thiazole rings is 1. The highest BCUT2D eigenvalue weighted by Gasteiger charge is 2.05. The average molecular weight is 376 g/mol. The van der Waals surface area contributed by atoms with E-state index in [4.69, 9.17) is 4.74 Å². The number of aliphatic imine (C=N–C) groups is 1. The van der Waals surface area contributed by atoms with Gasteiger partial charge in [-0.15, -0.1) is 11.3 Å². The Morgan fingerprint density at radius 1 is 1.31 bits per heavy atom. The van der Waals surface area contributed by atoms with Gasteiger partial charge in [0.2, 0.25) is 5.88 Å². The summed E-state index contributed by atoms with van der Waals surface area (Å²) in [6.45, 7) is 9.06. The molecule has 2 aromatic heterocycles. The van der Waals surface area contributed by atoms with Crippen molar-refractivity contribution in [2.45, 2.75) is 46.6 Å². The molecule has 2 aromatic rings. The average Bonchev–Trinajstić information content (AvgIpc) is 3.06. The number of nitrogens with zero attached hydrogens (tertiary/aromatic N) is 3. The smallest absolute Gasteiger partial charge is 0.218 e. The first-order chi connectivity index (χ1) is 12.7. The summed E-state index contributed by atoms with van der Waals surface area (Å²) < 4.78 is 5.78. The largest absolute Gasteiger partial charge is 0.477 e. The number of unbranched alkanes of at least 4 members (excludes halogenated alkanes) is 1. The lowest BCUT2D eigenvalue weighted by atomic mass is 10.2. The van der Waals surface area contributed by atoms with Crippen molar-refractivity contribution in [2.24, 2.45) is 4.99 Å². The fourth-order valence-electron chi connectivity index (χ4n) is 2.33. The number of nitrogens with one attached hydrogen (secondary N) is 2. The summed E-state index contributed by atoms with van der Waals surface area (Å²) in [7, 11) is 0. The molecule has 0 aliphatic carbocycles. The third-order valence-corrected chi connectivity index (χ3v) is 4.50. The van der Waals surface area contributed by atoms with Crippen molar-refractivity contribution >= 4 is 17.3 Å². The number of hydrogen-bond donors (Lipinski definition) is 2. The molecule has 0 saturated heterocycles. The van der Waals surface area contributed by atoms with Crippen LogP contribution in [0.2, 0.25) is 0 Å². The van der Waals surface area contributed by atoms with Gasteiger partial charge in [-0.1, -0.05) is 19.4 Å². The predicted molar refractivity (Wildman–Crippen MR) is 108 cm³/mol. The minimum Gasteiger partial charge on any atom is -0.477 e. The lowest BCUT2D eigenvalue weighted by molar-refractivity contribution is 0.294. The summed E-state index contributed by atoms with van der Waals surface area (Å²) in [5.41, 5.74) is 2.12. The van der Waals surface area contributed by atoms with E-state index in [1.54, 1.807) is 17.5 Å². The first-order valence-corrected chi connectivity index (χ1v) is 10.1. The van der Waals surface area contributed by atoms with Crippen molar-refractivity contribution in [3.63, 3.8) is 0 Å². The standard InChI is InChI=1S/C19H29N5OS/c1-4-6-12-25-18-16(8-7-10-21-18)13-23-19(20-5-2)22-11-9-17-14-26-15(3)24-17/h7-8,10,14H,4-6,9,11-13H2,1-3H3,(H2,20,22,23). The number of aromatic nitrogens is 2. The summed E-state index contributed by atoms with van der Waals surface area (Å²) in [4.78, 5) is 13.5. The molecule has 7 heteroatoms. The van der Waals surface area contributed by atoms with Gasteiger partial charge in [-0.3, -0.25) is 0 Å². The molecule has 0 aromatic carbocycles. The van der Waals surface area contributed by atoms with Gasteiger partial charge in [-0.25, -0.2) is 15.0 Å². The van der Waals surface area contributed by atoms with Crippen molar-refractivity contribution in [1.82, 2.24) is 20.6 Å². The number of ether oxygens (including phenoxy) is 1. The Morgan fingerprint density at radius 3 is 2.92 bits per heavy atom. The lowest BCUT2D eigenvalue weighted by Gasteiger charge is -2.12. The van der Waals surface area contributed by atoms with E-state index in [-0.39, 0.29) is 0 Å². The van der Waals surface area contributed by atoms with E-state index in [0.29, 0.717) is 19.0 Å². The van der Waals surface area contributed by atoms with E-state index in [1.165, 1.54) is 0 Å². The summed E-state index contributed by atoms with van der Waals surface area (Å²) in [5, 5.41) is 9.85. The maximum Gasteiger partial charge on any atom is 0.218 e. The van der Waals surface area contributed by atoms with Crippen molar-refractivity contribution in [3.05, 3.63) is 40.0 Å². The third kappa shape index (κ3) is 7.00. The van der Waals surface area contributed by atoms with Gasteiger partial charge in [0.1, 0.15) is 0 Å². The van der Waals surface area contributed by atoms with Crippen LogP contribution in [0.4, 0.5) is 0 Å². The van der Waals surface area contributed by atoms with Gasteiger partial charge in [-0.05, 0) is 26.3 Å². The molecule has 0 saturated carbocycles. The van der Waals surface area contributed by atoms with Crippen LogP contribution in [0.1, 0.15) is 43.0 Å². The van der Waals surface area contributed by atoms with Crippen LogP contribution in [0.15, 0.2) is 28.7 Å². The Kier molecular flexibility index (Phi) is 8.89. The molecular weight excluding hydrogens is 346 g/mol. The van der Waals surface area contributed by atoms with Crippen molar-refractivity contribution < 1.29 is 4.74 Å². The molecule has 0 aliphatic heterocycles. The highest BCUT2D eigenvalue weighted by molar-refractivity contribution is 7.09. The predicted octanol–water partition coefficient (Wildman–Crippen LogP) is 3.32. The van der Waals surface area contributed by atoms with Crippen molar-refractivity contribution in [3.8, 4) is 5.88 Å². The zero-order chi connectivity index (χ0) is 18.6. The summed E-state index contributed by atoms with van der Waals surface area (Å²) in [5.74, 6) is 1.47. The second-order valence-electron chi connectivity index (χ2n) is 5.90. The Morgan fingerprint density at radius 2 is 2.19 bits per heavy atom. The van der Waals surface area contributed by atoms with E-state index < -0.39 is 0 Å². The second kappa shape index (κ2) is 11.5. The van der Waals surface area contributed by atoms with Gasteiger partial charge in [0.25, 0.3) is 0 Å². The summed E-state index contributed by atoms with van der Waals surface area (Å²) in [6, 6.07) is 3.93. The fourth-order valence-corrected chi connectivity index (χ4v) is 2.97. The minimum absolute atomic E-state index is 0.528. The van der Waals surface area contributed by atoms with Gasteiger partial charge in [0, 0.05) is 36.7 Å². The fraction of sp³-hybridized carbons (Fsp3) is 0.526. The van der Waals surface area contributed by atoms with Gasteiger partial charge in [0.05, 0.1) is 23.9 Å². The Hall–Kier alpha value is -2.15. The maximum atomic E-state index is 5.78. The highest BCUT2D eigenvalue weighted by atomic mass is 32.1. The number of aryl methyl sites for hydroxylation is 1. The molecule has 0 bridgehead atoms. The van der Waals surface area contributed by atoms with Crippen LogP contribution in [0.5, 0.6) is 5.88 Å². The van der Waals surface area contributed by atoms with E-state index in [9.17, 15) is 0 Å². The van der Waals surface area contributed by atoms with Crippen LogP contribution in [-0.4, -0.2) is 35.6 Å². The zero-order valence-electron chi connectivity index (χ0n) is 15.9. The number of guanidine groups is 1. The van der Waals surface area contributed by atoms with Crippen LogP contribution in [-0.2, 0) is 13.0 Å². The summed E-state index contributed by atoms with van der Waals surface area (Å²) >= 11 is 1.69. The monoisotopic (exact) mass is 375 g/mol. The van der Waals surface area contributed by atoms with Gasteiger partial charge in [-0.2, -0.15) is 0 Å². The Bertz CT molecular complexity index is 686. The molecule has 2 N–H and O–H groups in total. The number of rotatable bonds is 10. The SMILES string of the molecule is CCCCOc1ncccc1CN=C(NCC)NCCc1csc(C)n1. The minimum atomic E-state index is 0.528. The molecule has 142 valence electrons. The molecule has 0 aliphatic rings. The zero-order valence-corrected chi connectivity index (χ0v) is 16.7. The normalized spacial score (nSPS) is 11.4. The Labute approximate surface area is 160 Å².